The second-order valence-electron chi connectivity index (χ2n) is 7.24. The van der Waals surface area contributed by atoms with Crippen LogP contribution in [0.5, 0.6) is 11.5 Å². The van der Waals surface area contributed by atoms with Crippen molar-refractivity contribution in [1.82, 2.24) is 5.32 Å². The van der Waals surface area contributed by atoms with Gasteiger partial charge in [0.15, 0.2) is 0 Å². The maximum Gasteiger partial charge on any atom is 0.306 e. The van der Waals surface area contributed by atoms with E-state index in [1.807, 2.05) is 38.2 Å². The number of carboxylic acids is 1. The lowest BCUT2D eigenvalue weighted by Gasteiger charge is -2.31. The van der Waals surface area contributed by atoms with Gasteiger partial charge in [-0.3, -0.25) is 9.59 Å². The average molecular weight is 434 g/mol. The number of aliphatic carboxylic acids is 1. The molecule has 2 N–H and O–H groups in total. The van der Waals surface area contributed by atoms with Gasteiger partial charge in [0.25, 0.3) is 0 Å². The minimum absolute atomic E-state index is 0.0571. The number of hydrogen-bond acceptors (Lipinski definition) is 5. The first-order valence-corrected chi connectivity index (χ1v) is 10.2. The molecule has 0 saturated heterocycles. The van der Waals surface area contributed by atoms with Gasteiger partial charge in [0, 0.05) is 11.1 Å². The number of nitrogens with one attached hydrogen (secondary N) is 1. The lowest BCUT2D eigenvalue weighted by molar-refractivity contribution is -0.146. The van der Waals surface area contributed by atoms with E-state index in [0.717, 1.165) is 37.0 Å². The molecule has 162 valence electrons. The Morgan fingerprint density at radius 3 is 2.53 bits per heavy atom. The molecule has 1 aliphatic carbocycles. The summed E-state index contributed by atoms with van der Waals surface area (Å²) in [6, 6.07) is 12.6. The zero-order valence-electron chi connectivity index (χ0n) is 17.4. The Labute approximate surface area is 182 Å². The van der Waals surface area contributed by atoms with Crippen molar-refractivity contribution >= 4 is 23.9 Å². The van der Waals surface area contributed by atoms with E-state index in [-0.39, 0.29) is 12.0 Å². The number of ether oxygens (including phenoxy) is 2. The fourth-order valence-electron chi connectivity index (χ4n) is 3.33. The number of rotatable bonds is 8. The topological polar surface area (TPSA) is 84.9 Å². The van der Waals surface area contributed by atoms with Crippen LogP contribution < -0.4 is 14.8 Å². The standard InChI is InChI=1S/C16H15ClO3.C7H13NO2/c1-11(13-5-3-4-6-15(13)19-2)20-16-8-7-12(10-18)9-14(16)17;1-8-4-5-2-6(3-5)7(9)10/h3-11H,1-2H3;5-6,8H,2-4H2,1H3,(H,9,10). The van der Waals surface area contributed by atoms with E-state index < -0.39 is 5.97 Å². The Bertz CT molecular complexity index is 851. The number of methoxy groups -OCH3 is 1. The second kappa shape index (κ2) is 11.6. The van der Waals surface area contributed by atoms with Crippen LogP contribution in [0.2, 0.25) is 5.02 Å². The molecule has 0 aliphatic heterocycles. The Balaban J connectivity index is 0.000000269. The molecule has 0 bridgehead atoms. The van der Waals surface area contributed by atoms with Crippen molar-refractivity contribution in [2.45, 2.75) is 25.9 Å². The largest absolute Gasteiger partial charge is 0.496 e. The van der Waals surface area contributed by atoms with Crippen molar-refractivity contribution < 1.29 is 24.2 Å². The van der Waals surface area contributed by atoms with E-state index in [0.29, 0.717) is 22.3 Å². The molecule has 0 aromatic heterocycles. The Kier molecular flexibility index (Phi) is 9.15. The van der Waals surface area contributed by atoms with Gasteiger partial charge in [0.2, 0.25) is 0 Å². The molecule has 1 aliphatic rings. The van der Waals surface area contributed by atoms with E-state index in [4.69, 9.17) is 26.2 Å². The van der Waals surface area contributed by atoms with Crippen molar-refractivity contribution in [3.05, 3.63) is 58.6 Å². The van der Waals surface area contributed by atoms with Crippen LogP contribution in [0.4, 0.5) is 0 Å². The lowest BCUT2D eigenvalue weighted by Crippen LogP contribution is -2.35. The van der Waals surface area contributed by atoms with Crippen LogP contribution in [-0.4, -0.2) is 38.1 Å². The van der Waals surface area contributed by atoms with Gasteiger partial charge in [-0.25, -0.2) is 0 Å². The maximum absolute atomic E-state index is 10.7. The summed E-state index contributed by atoms with van der Waals surface area (Å²) in [5.74, 6) is 1.22. The number of benzene rings is 2. The van der Waals surface area contributed by atoms with Gasteiger partial charge in [-0.1, -0.05) is 29.8 Å². The summed E-state index contributed by atoms with van der Waals surface area (Å²) in [6.45, 7) is 2.88. The van der Waals surface area contributed by atoms with E-state index >= 15 is 0 Å². The minimum Gasteiger partial charge on any atom is -0.496 e. The van der Waals surface area contributed by atoms with Gasteiger partial charge in [-0.15, -0.1) is 0 Å². The van der Waals surface area contributed by atoms with E-state index in [1.54, 1.807) is 25.3 Å². The van der Waals surface area contributed by atoms with Gasteiger partial charge >= 0.3 is 5.97 Å². The van der Waals surface area contributed by atoms with Crippen LogP contribution in [0, 0.1) is 11.8 Å². The molecule has 2 aromatic carbocycles. The third-order valence-corrected chi connectivity index (χ3v) is 5.35. The van der Waals surface area contributed by atoms with Crippen molar-refractivity contribution in [1.29, 1.82) is 0 Å². The highest BCUT2D eigenvalue weighted by Gasteiger charge is 2.33. The van der Waals surface area contributed by atoms with Gasteiger partial charge in [0.05, 0.1) is 18.1 Å². The molecule has 1 atom stereocenters. The number of carbonyl (C=O) groups is 2. The zero-order valence-corrected chi connectivity index (χ0v) is 18.2. The first-order valence-electron chi connectivity index (χ1n) is 9.81. The molecule has 0 radical (unpaired) electrons. The SMILES string of the molecule is CNCC1CC(C(=O)O)C1.COc1ccccc1C(C)Oc1ccc(C=O)cc1Cl. The summed E-state index contributed by atoms with van der Waals surface area (Å²) in [5.41, 5.74) is 1.46. The fourth-order valence-corrected chi connectivity index (χ4v) is 3.57. The first kappa shape index (κ1) is 23.7. The normalized spacial score (nSPS) is 18.3. The molecule has 1 saturated carbocycles. The number of halogens is 1. The van der Waals surface area contributed by atoms with Crippen LogP contribution in [0.3, 0.4) is 0 Å². The molecule has 6 nitrogen and oxygen atoms in total. The fraction of sp³-hybridized carbons (Fsp3) is 0.391. The van der Waals surface area contributed by atoms with Crippen LogP contribution in [0.15, 0.2) is 42.5 Å². The molecule has 2 aromatic rings. The highest BCUT2D eigenvalue weighted by Crippen LogP contribution is 2.33. The van der Waals surface area contributed by atoms with Gasteiger partial charge in [-0.05, 0) is 63.5 Å². The minimum atomic E-state index is -0.632. The average Bonchev–Trinajstić information content (AvgIpc) is 2.71. The molecular formula is C23H28ClNO5. The molecule has 30 heavy (non-hydrogen) atoms. The molecule has 0 spiro atoms. The monoisotopic (exact) mass is 433 g/mol. The zero-order chi connectivity index (χ0) is 22.1. The van der Waals surface area contributed by atoms with Crippen LogP contribution >= 0.6 is 11.6 Å². The van der Waals surface area contributed by atoms with Crippen LogP contribution in [0.1, 0.15) is 41.8 Å². The number of carbonyl (C=O) groups excluding carboxylic acids is 1. The Morgan fingerprint density at radius 2 is 1.97 bits per heavy atom. The highest BCUT2D eigenvalue weighted by molar-refractivity contribution is 6.32. The Hall–Kier alpha value is -2.57. The van der Waals surface area contributed by atoms with Crippen molar-refractivity contribution in [2.75, 3.05) is 20.7 Å². The predicted octanol–water partition coefficient (Wildman–Crippen LogP) is 4.62. The summed E-state index contributed by atoms with van der Waals surface area (Å²) in [5, 5.41) is 11.9. The Morgan fingerprint density at radius 1 is 1.27 bits per heavy atom. The van der Waals surface area contributed by atoms with Crippen molar-refractivity contribution in [3.8, 4) is 11.5 Å². The van der Waals surface area contributed by atoms with Gasteiger partial charge in [0.1, 0.15) is 23.9 Å². The van der Waals surface area contributed by atoms with Gasteiger partial charge in [-0.2, -0.15) is 0 Å². The van der Waals surface area contributed by atoms with Crippen molar-refractivity contribution in [2.24, 2.45) is 11.8 Å². The molecule has 3 rings (SSSR count). The summed E-state index contributed by atoms with van der Waals surface area (Å²) in [4.78, 5) is 21.0. The molecule has 7 heteroatoms. The van der Waals surface area contributed by atoms with Crippen molar-refractivity contribution in [3.63, 3.8) is 0 Å². The lowest BCUT2D eigenvalue weighted by atomic mass is 9.75. The second-order valence-corrected chi connectivity index (χ2v) is 7.65. The summed E-state index contributed by atoms with van der Waals surface area (Å²) in [7, 11) is 3.52. The number of carboxylic acid groups (broad SMARTS) is 1. The molecule has 0 heterocycles. The highest BCUT2D eigenvalue weighted by atomic mass is 35.5. The van der Waals surface area contributed by atoms with E-state index in [1.165, 1.54) is 0 Å². The number of aldehydes is 1. The smallest absolute Gasteiger partial charge is 0.306 e. The van der Waals surface area contributed by atoms with Crippen LogP contribution in [0.25, 0.3) is 0 Å². The van der Waals surface area contributed by atoms with Gasteiger partial charge < -0.3 is 19.9 Å². The molecule has 1 unspecified atom stereocenters. The third-order valence-electron chi connectivity index (χ3n) is 5.05. The number of hydrogen-bond donors (Lipinski definition) is 2. The third kappa shape index (κ3) is 6.47. The summed E-state index contributed by atoms with van der Waals surface area (Å²) < 4.78 is 11.2. The molecule has 1 fully saturated rings. The quantitative estimate of drug-likeness (QED) is 0.591. The summed E-state index contributed by atoms with van der Waals surface area (Å²) >= 11 is 6.10. The van der Waals surface area contributed by atoms with E-state index in [2.05, 4.69) is 5.32 Å². The molecular weight excluding hydrogens is 406 g/mol. The van der Waals surface area contributed by atoms with Crippen LogP contribution in [-0.2, 0) is 4.79 Å². The summed E-state index contributed by atoms with van der Waals surface area (Å²) in [6.07, 6.45) is 2.25. The maximum atomic E-state index is 10.7. The first-order chi connectivity index (χ1) is 14.4. The molecule has 0 amide bonds. The van der Waals surface area contributed by atoms with E-state index in [9.17, 15) is 9.59 Å². The number of para-hydroxylation sites is 1. The predicted molar refractivity (Wildman–Crippen MR) is 117 cm³/mol.